The molecule has 0 unspecified atom stereocenters. The summed E-state index contributed by atoms with van der Waals surface area (Å²) < 4.78 is 10.6. The van der Waals surface area contributed by atoms with E-state index in [1.165, 1.54) is 0 Å². The summed E-state index contributed by atoms with van der Waals surface area (Å²) in [6, 6.07) is 9.54. The van der Waals surface area contributed by atoms with E-state index in [2.05, 4.69) is 19.2 Å². The Hall–Kier alpha value is -1.59. The van der Waals surface area contributed by atoms with Gasteiger partial charge in [-0.25, -0.2) is 4.79 Å². The zero-order valence-electron chi connectivity index (χ0n) is 15.3. The first kappa shape index (κ1) is 19.7. The largest absolute Gasteiger partial charge is 0.444 e. The van der Waals surface area contributed by atoms with Crippen LogP contribution in [0, 0.1) is 5.92 Å². The molecule has 0 radical (unpaired) electrons. The number of carbonyl (C=O) groups is 1. The van der Waals surface area contributed by atoms with Gasteiger partial charge in [0.05, 0.1) is 25.4 Å². The van der Waals surface area contributed by atoms with Crippen LogP contribution >= 0.6 is 0 Å². The molecule has 0 aromatic heterocycles. The SMILES string of the molecule is CC(C)CCC[C@@H](O)[C@H](Cc1ccccc1)NC(=O)O[C@H]1CCOC1. The van der Waals surface area contributed by atoms with Crippen LogP contribution in [0.15, 0.2) is 30.3 Å². The highest BCUT2D eigenvalue weighted by Crippen LogP contribution is 2.15. The molecular formula is C20H31NO4. The maximum absolute atomic E-state index is 12.2. The summed E-state index contributed by atoms with van der Waals surface area (Å²) >= 11 is 0. The van der Waals surface area contributed by atoms with Crippen molar-refractivity contribution in [2.24, 2.45) is 5.92 Å². The van der Waals surface area contributed by atoms with Gasteiger partial charge in [0, 0.05) is 6.42 Å². The van der Waals surface area contributed by atoms with Crippen molar-refractivity contribution >= 4 is 6.09 Å². The van der Waals surface area contributed by atoms with Crippen LogP contribution < -0.4 is 5.32 Å². The number of ether oxygens (including phenoxy) is 2. The molecule has 1 aliphatic rings. The van der Waals surface area contributed by atoms with Gasteiger partial charge in [-0.2, -0.15) is 0 Å². The molecule has 1 aliphatic heterocycles. The van der Waals surface area contributed by atoms with E-state index in [0.29, 0.717) is 32.0 Å². The third-order valence-corrected chi connectivity index (χ3v) is 4.51. The number of hydrogen-bond acceptors (Lipinski definition) is 4. The maximum Gasteiger partial charge on any atom is 0.407 e. The molecule has 0 saturated carbocycles. The van der Waals surface area contributed by atoms with Crippen LogP contribution in [0.1, 0.15) is 45.1 Å². The lowest BCUT2D eigenvalue weighted by Gasteiger charge is -2.25. The molecule has 2 N–H and O–H groups in total. The Balaban J connectivity index is 1.91. The maximum atomic E-state index is 12.2. The fourth-order valence-corrected chi connectivity index (χ4v) is 3.03. The first-order chi connectivity index (χ1) is 12.0. The summed E-state index contributed by atoms with van der Waals surface area (Å²) in [7, 11) is 0. The topological polar surface area (TPSA) is 67.8 Å². The summed E-state index contributed by atoms with van der Waals surface area (Å²) in [5.41, 5.74) is 1.08. The van der Waals surface area contributed by atoms with E-state index in [9.17, 15) is 9.90 Å². The van der Waals surface area contributed by atoms with E-state index < -0.39 is 12.2 Å². The minimum Gasteiger partial charge on any atom is -0.444 e. The van der Waals surface area contributed by atoms with Crippen molar-refractivity contribution < 1.29 is 19.4 Å². The monoisotopic (exact) mass is 349 g/mol. The van der Waals surface area contributed by atoms with E-state index >= 15 is 0 Å². The van der Waals surface area contributed by atoms with E-state index in [1.807, 2.05) is 30.3 Å². The number of nitrogens with one attached hydrogen (secondary N) is 1. The molecule has 1 amide bonds. The molecule has 3 atom stereocenters. The summed E-state index contributed by atoms with van der Waals surface area (Å²) in [4.78, 5) is 12.2. The number of aliphatic hydroxyl groups is 1. The predicted molar refractivity (Wildman–Crippen MR) is 97.5 cm³/mol. The Kier molecular flexibility index (Phi) is 8.22. The second kappa shape index (κ2) is 10.4. The lowest BCUT2D eigenvalue weighted by atomic mass is 9.96. The van der Waals surface area contributed by atoms with E-state index in [-0.39, 0.29) is 12.1 Å². The van der Waals surface area contributed by atoms with E-state index in [1.54, 1.807) is 0 Å². The van der Waals surface area contributed by atoms with E-state index in [4.69, 9.17) is 9.47 Å². The first-order valence-corrected chi connectivity index (χ1v) is 9.31. The molecule has 25 heavy (non-hydrogen) atoms. The Labute approximate surface area is 150 Å². The fourth-order valence-electron chi connectivity index (χ4n) is 3.03. The average molecular weight is 349 g/mol. The Morgan fingerprint density at radius 3 is 2.72 bits per heavy atom. The summed E-state index contributed by atoms with van der Waals surface area (Å²) in [5, 5.41) is 13.5. The summed E-state index contributed by atoms with van der Waals surface area (Å²) in [6.07, 6.45) is 2.74. The molecule has 0 bridgehead atoms. The Bertz CT molecular complexity index is 500. The molecular weight excluding hydrogens is 318 g/mol. The van der Waals surface area contributed by atoms with Gasteiger partial charge < -0.3 is 19.9 Å². The van der Waals surface area contributed by atoms with Gasteiger partial charge in [-0.3, -0.25) is 0 Å². The van der Waals surface area contributed by atoms with Gasteiger partial charge in [0.2, 0.25) is 0 Å². The number of aliphatic hydroxyl groups excluding tert-OH is 1. The lowest BCUT2D eigenvalue weighted by molar-refractivity contribution is 0.0667. The number of amides is 1. The highest BCUT2D eigenvalue weighted by atomic mass is 16.6. The quantitative estimate of drug-likeness (QED) is 0.718. The molecule has 0 aliphatic carbocycles. The van der Waals surface area contributed by atoms with Crippen LogP contribution in [0.4, 0.5) is 4.79 Å². The molecule has 5 nitrogen and oxygen atoms in total. The Morgan fingerprint density at radius 1 is 1.32 bits per heavy atom. The van der Waals surface area contributed by atoms with Crippen molar-refractivity contribution in [1.29, 1.82) is 0 Å². The van der Waals surface area contributed by atoms with Crippen LogP contribution in [0.25, 0.3) is 0 Å². The lowest BCUT2D eigenvalue weighted by Crippen LogP contribution is -2.46. The minimum atomic E-state index is -0.591. The molecule has 1 aromatic rings. The third-order valence-electron chi connectivity index (χ3n) is 4.51. The van der Waals surface area contributed by atoms with Gasteiger partial charge in [-0.1, -0.05) is 57.0 Å². The fraction of sp³-hybridized carbons (Fsp3) is 0.650. The van der Waals surface area contributed by atoms with Crippen molar-refractivity contribution in [3.05, 3.63) is 35.9 Å². The van der Waals surface area contributed by atoms with Crippen molar-refractivity contribution in [3.63, 3.8) is 0 Å². The zero-order chi connectivity index (χ0) is 18.1. The minimum absolute atomic E-state index is 0.185. The predicted octanol–water partition coefficient (Wildman–Crippen LogP) is 3.30. The summed E-state index contributed by atoms with van der Waals surface area (Å²) in [5.74, 6) is 0.611. The molecule has 1 fully saturated rings. The molecule has 5 heteroatoms. The van der Waals surface area contributed by atoms with Crippen molar-refractivity contribution in [2.45, 2.75) is 64.2 Å². The van der Waals surface area contributed by atoms with Crippen molar-refractivity contribution in [1.82, 2.24) is 5.32 Å². The number of alkyl carbamates (subject to hydrolysis) is 1. The second-order valence-electron chi connectivity index (χ2n) is 7.22. The van der Waals surface area contributed by atoms with Gasteiger partial charge in [0.25, 0.3) is 0 Å². The second-order valence-corrected chi connectivity index (χ2v) is 7.22. The van der Waals surface area contributed by atoms with Crippen LogP contribution in [0.2, 0.25) is 0 Å². The number of rotatable bonds is 9. The van der Waals surface area contributed by atoms with Gasteiger partial charge in [0.15, 0.2) is 0 Å². The van der Waals surface area contributed by atoms with Gasteiger partial charge in [-0.05, 0) is 24.3 Å². The number of carbonyl (C=O) groups excluding carboxylic acids is 1. The zero-order valence-corrected chi connectivity index (χ0v) is 15.3. The first-order valence-electron chi connectivity index (χ1n) is 9.31. The van der Waals surface area contributed by atoms with Crippen LogP contribution in [-0.2, 0) is 15.9 Å². The summed E-state index contributed by atoms with van der Waals surface area (Å²) in [6.45, 7) is 5.43. The molecule has 1 aromatic carbocycles. The standard InChI is InChI=1S/C20H31NO4/c1-15(2)7-6-10-19(22)18(13-16-8-4-3-5-9-16)21-20(23)25-17-11-12-24-14-17/h3-5,8-9,15,17-19,22H,6-7,10-14H2,1-2H3,(H,21,23)/t17-,18-,19+/m0/s1. The van der Waals surface area contributed by atoms with Crippen molar-refractivity contribution in [3.8, 4) is 0 Å². The number of hydrogen-bond donors (Lipinski definition) is 2. The molecule has 140 valence electrons. The molecule has 0 spiro atoms. The molecule has 1 heterocycles. The highest BCUT2D eigenvalue weighted by molar-refractivity contribution is 5.68. The van der Waals surface area contributed by atoms with Crippen LogP contribution in [0.5, 0.6) is 0 Å². The third kappa shape index (κ3) is 7.45. The molecule has 1 saturated heterocycles. The van der Waals surface area contributed by atoms with Crippen LogP contribution in [-0.4, -0.2) is 42.7 Å². The normalized spacial score (nSPS) is 19.6. The molecule has 2 rings (SSSR count). The van der Waals surface area contributed by atoms with Gasteiger partial charge in [0.1, 0.15) is 6.10 Å². The van der Waals surface area contributed by atoms with Crippen LogP contribution in [0.3, 0.4) is 0 Å². The highest BCUT2D eigenvalue weighted by Gasteiger charge is 2.25. The van der Waals surface area contributed by atoms with Crippen molar-refractivity contribution in [2.75, 3.05) is 13.2 Å². The smallest absolute Gasteiger partial charge is 0.407 e. The number of benzene rings is 1. The Morgan fingerprint density at radius 2 is 2.08 bits per heavy atom. The van der Waals surface area contributed by atoms with Gasteiger partial charge in [-0.15, -0.1) is 0 Å². The van der Waals surface area contributed by atoms with Gasteiger partial charge >= 0.3 is 6.09 Å². The average Bonchev–Trinajstić information content (AvgIpc) is 3.07. The van der Waals surface area contributed by atoms with E-state index in [0.717, 1.165) is 24.8 Å².